The third kappa shape index (κ3) is 3.95. The van der Waals surface area contributed by atoms with Gasteiger partial charge < -0.3 is 5.32 Å². The summed E-state index contributed by atoms with van der Waals surface area (Å²) >= 11 is 6.09. The lowest BCUT2D eigenvalue weighted by molar-refractivity contribution is 0.601. The first kappa shape index (κ1) is 15.8. The Bertz CT molecular complexity index is 755. The molecule has 2 rings (SSSR count). The van der Waals surface area contributed by atoms with Crippen LogP contribution in [0.25, 0.3) is 0 Å². The first-order chi connectivity index (χ1) is 9.77. The SMILES string of the molecule is Cc1cc(F)cc(NCc2c(Cl)cccc2S(C)(=O)=O)c1. The Kier molecular flexibility index (Phi) is 4.54. The number of anilines is 1. The highest BCUT2D eigenvalue weighted by Gasteiger charge is 2.15. The molecule has 0 spiro atoms. The largest absolute Gasteiger partial charge is 0.381 e. The molecule has 112 valence electrons. The van der Waals surface area contributed by atoms with Crippen LogP contribution < -0.4 is 5.32 Å². The van der Waals surface area contributed by atoms with Crippen LogP contribution >= 0.6 is 11.6 Å². The van der Waals surface area contributed by atoms with Gasteiger partial charge in [0.25, 0.3) is 0 Å². The Morgan fingerprint density at radius 3 is 2.57 bits per heavy atom. The molecule has 0 saturated carbocycles. The maximum absolute atomic E-state index is 13.3. The number of hydrogen-bond donors (Lipinski definition) is 1. The van der Waals surface area contributed by atoms with E-state index in [0.717, 1.165) is 11.8 Å². The van der Waals surface area contributed by atoms with Crippen molar-refractivity contribution in [2.75, 3.05) is 11.6 Å². The van der Waals surface area contributed by atoms with E-state index >= 15 is 0 Å². The minimum Gasteiger partial charge on any atom is -0.381 e. The fraction of sp³-hybridized carbons (Fsp3) is 0.200. The number of benzene rings is 2. The van der Waals surface area contributed by atoms with Crippen molar-refractivity contribution in [2.24, 2.45) is 0 Å². The summed E-state index contributed by atoms with van der Waals surface area (Å²) in [5.41, 5.74) is 1.83. The van der Waals surface area contributed by atoms with Gasteiger partial charge in [0, 0.05) is 29.1 Å². The lowest BCUT2D eigenvalue weighted by Gasteiger charge is -2.12. The van der Waals surface area contributed by atoms with Gasteiger partial charge >= 0.3 is 0 Å². The zero-order valence-corrected chi connectivity index (χ0v) is 13.2. The van der Waals surface area contributed by atoms with Gasteiger partial charge in [0.05, 0.1) is 4.90 Å². The first-order valence-electron chi connectivity index (χ1n) is 6.26. The summed E-state index contributed by atoms with van der Waals surface area (Å²) in [6.45, 7) is 1.98. The van der Waals surface area contributed by atoms with E-state index in [1.165, 1.54) is 18.2 Å². The maximum atomic E-state index is 13.3. The van der Waals surface area contributed by atoms with Gasteiger partial charge in [-0.1, -0.05) is 17.7 Å². The molecule has 0 bridgehead atoms. The van der Waals surface area contributed by atoms with Crippen LogP contribution in [0.1, 0.15) is 11.1 Å². The Morgan fingerprint density at radius 2 is 1.95 bits per heavy atom. The molecule has 0 saturated heterocycles. The summed E-state index contributed by atoms with van der Waals surface area (Å²) in [7, 11) is -3.38. The molecule has 6 heteroatoms. The standard InChI is InChI=1S/C15H15ClFNO2S/c1-10-6-11(17)8-12(7-10)18-9-13-14(16)4-3-5-15(13)21(2,19)20/h3-8,18H,9H2,1-2H3. The van der Waals surface area contributed by atoms with Crippen LogP contribution in [0, 0.1) is 12.7 Å². The molecule has 0 radical (unpaired) electrons. The average Bonchev–Trinajstić information content (AvgIpc) is 2.34. The van der Waals surface area contributed by atoms with Gasteiger partial charge in [-0.15, -0.1) is 0 Å². The van der Waals surface area contributed by atoms with E-state index in [0.29, 0.717) is 16.3 Å². The fourth-order valence-corrected chi connectivity index (χ4v) is 3.34. The lowest BCUT2D eigenvalue weighted by Crippen LogP contribution is -2.08. The second-order valence-corrected chi connectivity index (χ2v) is 7.25. The number of aryl methyl sites for hydroxylation is 1. The third-order valence-electron chi connectivity index (χ3n) is 2.99. The van der Waals surface area contributed by atoms with Gasteiger partial charge in [0.15, 0.2) is 9.84 Å². The highest BCUT2D eigenvalue weighted by Crippen LogP contribution is 2.25. The molecule has 0 heterocycles. The van der Waals surface area contributed by atoms with Crippen LogP contribution in [0.4, 0.5) is 10.1 Å². The summed E-state index contributed by atoms with van der Waals surface area (Å²) in [6, 6.07) is 9.28. The van der Waals surface area contributed by atoms with Gasteiger partial charge in [-0.2, -0.15) is 0 Å². The summed E-state index contributed by atoms with van der Waals surface area (Å²) in [5.74, 6) is -0.347. The molecule has 2 aromatic rings. The van der Waals surface area contributed by atoms with Crippen LogP contribution in [-0.4, -0.2) is 14.7 Å². The van der Waals surface area contributed by atoms with Gasteiger partial charge in [-0.3, -0.25) is 0 Å². The van der Waals surface area contributed by atoms with Crippen LogP contribution in [0.3, 0.4) is 0 Å². The highest BCUT2D eigenvalue weighted by molar-refractivity contribution is 7.90. The summed E-state index contributed by atoms with van der Waals surface area (Å²) in [4.78, 5) is 0.177. The lowest BCUT2D eigenvalue weighted by atomic mass is 10.2. The Labute approximate surface area is 128 Å². The molecule has 0 aliphatic rings. The van der Waals surface area contributed by atoms with E-state index in [1.54, 1.807) is 25.1 Å². The van der Waals surface area contributed by atoms with Crippen molar-refractivity contribution in [2.45, 2.75) is 18.4 Å². The predicted molar refractivity (Wildman–Crippen MR) is 83.0 cm³/mol. The van der Waals surface area contributed by atoms with Crippen LogP contribution in [0.2, 0.25) is 5.02 Å². The molecular weight excluding hydrogens is 313 g/mol. The number of halogens is 2. The zero-order chi connectivity index (χ0) is 15.6. The molecule has 0 amide bonds. The molecule has 0 aliphatic heterocycles. The van der Waals surface area contributed by atoms with E-state index in [-0.39, 0.29) is 17.3 Å². The van der Waals surface area contributed by atoms with E-state index in [2.05, 4.69) is 5.32 Å². The van der Waals surface area contributed by atoms with Crippen molar-refractivity contribution < 1.29 is 12.8 Å². The number of sulfone groups is 1. The summed E-state index contributed by atoms with van der Waals surface area (Å²) in [6.07, 6.45) is 1.13. The molecular formula is C15H15ClFNO2S. The van der Waals surface area contributed by atoms with Gasteiger partial charge in [-0.05, 0) is 42.8 Å². The average molecular weight is 328 g/mol. The van der Waals surface area contributed by atoms with E-state index in [1.807, 2.05) is 0 Å². The van der Waals surface area contributed by atoms with Crippen molar-refractivity contribution in [1.29, 1.82) is 0 Å². The fourth-order valence-electron chi connectivity index (χ4n) is 2.09. The molecule has 0 atom stereocenters. The number of rotatable bonds is 4. The van der Waals surface area contributed by atoms with Gasteiger partial charge in [0.2, 0.25) is 0 Å². The molecule has 0 unspecified atom stereocenters. The Hall–Kier alpha value is -1.59. The maximum Gasteiger partial charge on any atom is 0.175 e. The Morgan fingerprint density at radius 1 is 1.24 bits per heavy atom. The first-order valence-corrected chi connectivity index (χ1v) is 8.53. The molecule has 0 aliphatic carbocycles. The third-order valence-corrected chi connectivity index (χ3v) is 4.52. The van der Waals surface area contributed by atoms with Crippen molar-refractivity contribution in [3.63, 3.8) is 0 Å². The smallest absolute Gasteiger partial charge is 0.175 e. The topological polar surface area (TPSA) is 46.2 Å². The monoisotopic (exact) mass is 327 g/mol. The van der Waals surface area contributed by atoms with Crippen LogP contribution in [-0.2, 0) is 16.4 Å². The zero-order valence-electron chi connectivity index (χ0n) is 11.7. The predicted octanol–water partition coefficient (Wildman–Crippen LogP) is 3.80. The molecule has 3 nitrogen and oxygen atoms in total. The van der Waals surface area contributed by atoms with Gasteiger partial charge in [0.1, 0.15) is 5.82 Å². The van der Waals surface area contributed by atoms with Crippen LogP contribution in [0.5, 0.6) is 0 Å². The van der Waals surface area contributed by atoms with Crippen molar-refractivity contribution in [1.82, 2.24) is 0 Å². The van der Waals surface area contributed by atoms with E-state index in [4.69, 9.17) is 11.6 Å². The molecule has 1 N–H and O–H groups in total. The molecule has 2 aromatic carbocycles. The highest BCUT2D eigenvalue weighted by atomic mass is 35.5. The second kappa shape index (κ2) is 6.03. The van der Waals surface area contributed by atoms with E-state index in [9.17, 15) is 12.8 Å². The van der Waals surface area contributed by atoms with Crippen molar-refractivity contribution >= 4 is 27.1 Å². The second-order valence-electron chi connectivity index (χ2n) is 4.86. The number of hydrogen-bond acceptors (Lipinski definition) is 3. The quantitative estimate of drug-likeness (QED) is 0.929. The normalized spacial score (nSPS) is 11.4. The van der Waals surface area contributed by atoms with Crippen molar-refractivity contribution in [3.8, 4) is 0 Å². The Balaban J connectivity index is 2.32. The molecule has 21 heavy (non-hydrogen) atoms. The van der Waals surface area contributed by atoms with E-state index < -0.39 is 9.84 Å². The van der Waals surface area contributed by atoms with Gasteiger partial charge in [-0.25, -0.2) is 12.8 Å². The van der Waals surface area contributed by atoms with Crippen molar-refractivity contribution in [3.05, 3.63) is 58.4 Å². The van der Waals surface area contributed by atoms with Crippen LogP contribution in [0.15, 0.2) is 41.3 Å². The summed E-state index contributed by atoms with van der Waals surface area (Å²) in [5, 5.41) is 3.37. The minimum absolute atomic E-state index is 0.177. The molecule has 0 aromatic heterocycles. The summed E-state index contributed by atoms with van der Waals surface area (Å²) < 4.78 is 36.9. The molecule has 0 fully saturated rings. The minimum atomic E-state index is -3.38. The number of nitrogens with one attached hydrogen (secondary N) is 1.